The third kappa shape index (κ3) is 2.19. The highest BCUT2D eigenvalue weighted by Gasteiger charge is 2.19. The highest BCUT2D eigenvalue weighted by Crippen LogP contribution is 2.30. The minimum absolute atomic E-state index is 0.510. The summed E-state index contributed by atoms with van der Waals surface area (Å²) in [6, 6.07) is 6.19. The van der Waals surface area contributed by atoms with Crippen molar-refractivity contribution < 1.29 is 4.74 Å². The van der Waals surface area contributed by atoms with Gasteiger partial charge < -0.3 is 4.74 Å². The molecule has 1 aliphatic rings. The van der Waals surface area contributed by atoms with Crippen LogP contribution in [0, 0.1) is 0 Å². The average molecular weight is 293 g/mol. The summed E-state index contributed by atoms with van der Waals surface area (Å²) in [5, 5.41) is 1.17. The van der Waals surface area contributed by atoms with E-state index in [-0.39, 0.29) is 0 Å². The normalized spacial score (nSPS) is 17.5. The first-order valence-corrected chi connectivity index (χ1v) is 6.62. The van der Waals surface area contributed by atoms with Crippen LogP contribution in [-0.2, 0) is 4.74 Å². The predicted octanol–water partition coefficient (Wildman–Crippen LogP) is 3.29. The molecule has 88 valence electrons. The van der Waals surface area contributed by atoms with Crippen LogP contribution in [0.25, 0.3) is 10.9 Å². The fourth-order valence-electron chi connectivity index (χ4n) is 2.35. The van der Waals surface area contributed by atoms with E-state index in [1.54, 1.807) is 6.33 Å². The van der Waals surface area contributed by atoms with Gasteiger partial charge in [0.15, 0.2) is 0 Å². The van der Waals surface area contributed by atoms with Crippen molar-refractivity contribution >= 4 is 26.8 Å². The molecular weight excluding hydrogens is 280 g/mol. The Kier molecular flexibility index (Phi) is 3.07. The molecule has 0 atom stereocenters. The molecule has 3 nitrogen and oxygen atoms in total. The molecule has 0 amide bonds. The molecule has 0 spiro atoms. The van der Waals surface area contributed by atoms with Gasteiger partial charge in [-0.2, -0.15) is 0 Å². The SMILES string of the molecule is Brc1ccc2c(C3CCOCC3)ncnc2c1. The van der Waals surface area contributed by atoms with Gasteiger partial charge in [0.1, 0.15) is 6.33 Å². The average Bonchev–Trinajstić information content (AvgIpc) is 2.39. The Labute approximate surface area is 108 Å². The van der Waals surface area contributed by atoms with E-state index in [0.717, 1.165) is 36.0 Å². The van der Waals surface area contributed by atoms with Gasteiger partial charge in [-0.1, -0.05) is 15.9 Å². The van der Waals surface area contributed by atoms with Crippen molar-refractivity contribution in [3.8, 4) is 0 Å². The first-order chi connectivity index (χ1) is 8.34. The van der Waals surface area contributed by atoms with E-state index in [2.05, 4.69) is 38.0 Å². The maximum atomic E-state index is 5.40. The molecule has 4 heteroatoms. The minimum atomic E-state index is 0.510. The molecule has 1 saturated heterocycles. The molecule has 0 aliphatic carbocycles. The molecule has 17 heavy (non-hydrogen) atoms. The van der Waals surface area contributed by atoms with Gasteiger partial charge in [-0.05, 0) is 31.0 Å². The maximum absolute atomic E-state index is 5.40. The molecule has 1 fully saturated rings. The third-order valence-electron chi connectivity index (χ3n) is 3.24. The summed E-state index contributed by atoms with van der Waals surface area (Å²) in [6.45, 7) is 1.68. The Morgan fingerprint density at radius 1 is 1.18 bits per heavy atom. The number of fused-ring (bicyclic) bond motifs is 1. The lowest BCUT2D eigenvalue weighted by atomic mass is 9.93. The van der Waals surface area contributed by atoms with E-state index in [0.29, 0.717) is 5.92 Å². The molecular formula is C13H13BrN2O. The van der Waals surface area contributed by atoms with Crippen LogP contribution in [0.15, 0.2) is 29.0 Å². The van der Waals surface area contributed by atoms with Crippen LogP contribution in [0.2, 0.25) is 0 Å². The number of ether oxygens (including phenoxy) is 1. The predicted molar refractivity (Wildman–Crippen MR) is 70.0 cm³/mol. The highest BCUT2D eigenvalue weighted by atomic mass is 79.9. The number of hydrogen-bond acceptors (Lipinski definition) is 3. The molecule has 2 aromatic rings. The van der Waals surface area contributed by atoms with Crippen molar-refractivity contribution in [1.82, 2.24) is 9.97 Å². The fourth-order valence-corrected chi connectivity index (χ4v) is 2.70. The molecule has 0 unspecified atom stereocenters. The van der Waals surface area contributed by atoms with Crippen molar-refractivity contribution in [2.45, 2.75) is 18.8 Å². The van der Waals surface area contributed by atoms with E-state index >= 15 is 0 Å². The van der Waals surface area contributed by atoms with Crippen LogP contribution < -0.4 is 0 Å². The Balaban J connectivity index is 2.09. The number of rotatable bonds is 1. The topological polar surface area (TPSA) is 35.0 Å². The van der Waals surface area contributed by atoms with Crippen LogP contribution in [0.4, 0.5) is 0 Å². The number of halogens is 1. The Hall–Kier alpha value is -1.00. The van der Waals surface area contributed by atoms with Crippen LogP contribution in [0.5, 0.6) is 0 Å². The largest absolute Gasteiger partial charge is 0.381 e. The summed E-state index contributed by atoms with van der Waals surface area (Å²) >= 11 is 3.47. The van der Waals surface area contributed by atoms with Crippen molar-refractivity contribution in [2.24, 2.45) is 0 Å². The van der Waals surface area contributed by atoms with Gasteiger partial charge in [-0.3, -0.25) is 0 Å². The molecule has 2 heterocycles. The lowest BCUT2D eigenvalue weighted by Gasteiger charge is -2.22. The first-order valence-electron chi connectivity index (χ1n) is 5.82. The number of hydrogen-bond donors (Lipinski definition) is 0. The number of aromatic nitrogens is 2. The molecule has 0 bridgehead atoms. The van der Waals surface area contributed by atoms with E-state index in [1.807, 2.05) is 6.07 Å². The summed E-state index contributed by atoms with van der Waals surface area (Å²) in [4.78, 5) is 8.80. The zero-order valence-electron chi connectivity index (χ0n) is 9.40. The van der Waals surface area contributed by atoms with Gasteiger partial charge in [0, 0.05) is 29.0 Å². The molecule has 1 aromatic carbocycles. The van der Waals surface area contributed by atoms with Crippen molar-refractivity contribution in [1.29, 1.82) is 0 Å². The standard InChI is InChI=1S/C13H13BrN2O/c14-10-1-2-11-12(7-10)15-8-16-13(11)9-3-5-17-6-4-9/h1-2,7-9H,3-6H2. The number of nitrogens with zero attached hydrogens (tertiary/aromatic N) is 2. The van der Waals surface area contributed by atoms with E-state index in [9.17, 15) is 0 Å². The van der Waals surface area contributed by atoms with Gasteiger partial charge >= 0.3 is 0 Å². The minimum Gasteiger partial charge on any atom is -0.381 e. The number of benzene rings is 1. The Bertz CT molecular complexity index is 538. The first kappa shape index (κ1) is 11.1. The van der Waals surface area contributed by atoms with Crippen molar-refractivity contribution in [3.63, 3.8) is 0 Å². The van der Waals surface area contributed by atoms with Gasteiger partial charge in [-0.15, -0.1) is 0 Å². The van der Waals surface area contributed by atoms with E-state index in [4.69, 9.17) is 4.74 Å². The molecule has 0 N–H and O–H groups in total. The summed E-state index contributed by atoms with van der Waals surface area (Å²) in [5.74, 6) is 0.510. The second-order valence-electron chi connectivity index (χ2n) is 4.31. The van der Waals surface area contributed by atoms with Gasteiger partial charge in [0.25, 0.3) is 0 Å². The zero-order chi connectivity index (χ0) is 11.7. The second-order valence-corrected chi connectivity index (χ2v) is 5.22. The summed E-state index contributed by atoms with van der Waals surface area (Å²) < 4.78 is 6.46. The summed E-state index contributed by atoms with van der Waals surface area (Å²) in [6.07, 6.45) is 3.78. The highest BCUT2D eigenvalue weighted by molar-refractivity contribution is 9.10. The van der Waals surface area contributed by atoms with Crippen LogP contribution >= 0.6 is 15.9 Å². The maximum Gasteiger partial charge on any atom is 0.116 e. The van der Waals surface area contributed by atoms with Crippen LogP contribution in [0.3, 0.4) is 0 Å². The van der Waals surface area contributed by atoms with Gasteiger partial charge in [0.2, 0.25) is 0 Å². The van der Waals surface area contributed by atoms with E-state index < -0.39 is 0 Å². The molecule has 0 saturated carbocycles. The zero-order valence-corrected chi connectivity index (χ0v) is 11.0. The molecule has 1 aromatic heterocycles. The summed E-state index contributed by atoms with van der Waals surface area (Å²) in [7, 11) is 0. The van der Waals surface area contributed by atoms with Crippen LogP contribution in [0.1, 0.15) is 24.5 Å². The van der Waals surface area contributed by atoms with E-state index in [1.165, 1.54) is 11.1 Å². The lowest BCUT2D eigenvalue weighted by molar-refractivity contribution is 0.0848. The summed E-state index contributed by atoms with van der Waals surface area (Å²) in [5.41, 5.74) is 2.18. The van der Waals surface area contributed by atoms with Gasteiger partial charge in [0.05, 0.1) is 11.2 Å². The third-order valence-corrected chi connectivity index (χ3v) is 3.73. The molecule has 0 radical (unpaired) electrons. The monoisotopic (exact) mass is 292 g/mol. The lowest BCUT2D eigenvalue weighted by Crippen LogP contribution is -2.15. The quantitative estimate of drug-likeness (QED) is 0.809. The molecule has 1 aliphatic heterocycles. The molecule has 3 rings (SSSR count). The fraction of sp³-hybridized carbons (Fsp3) is 0.385. The van der Waals surface area contributed by atoms with Gasteiger partial charge in [-0.25, -0.2) is 9.97 Å². The Morgan fingerprint density at radius 3 is 2.82 bits per heavy atom. The smallest absolute Gasteiger partial charge is 0.116 e. The van der Waals surface area contributed by atoms with Crippen molar-refractivity contribution in [2.75, 3.05) is 13.2 Å². The van der Waals surface area contributed by atoms with Crippen LogP contribution in [-0.4, -0.2) is 23.2 Å². The second kappa shape index (κ2) is 4.70. The Morgan fingerprint density at radius 2 is 2.00 bits per heavy atom. The van der Waals surface area contributed by atoms with Crippen molar-refractivity contribution in [3.05, 3.63) is 34.7 Å².